The summed E-state index contributed by atoms with van der Waals surface area (Å²) < 4.78 is 79.7. The molecular weight excluding hydrogens is 1060 g/mol. The van der Waals surface area contributed by atoms with Crippen molar-refractivity contribution in [2.45, 2.75) is 248 Å². The van der Waals surface area contributed by atoms with Crippen LogP contribution >= 0.6 is 0 Å². The molecule has 10 rings (SSSR count). The van der Waals surface area contributed by atoms with Gasteiger partial charge in [-0.3, -0.25) is 14.4 Å². The molecule has 29 atom stereocenters. The summed E-state index contributed by atoms with van der Waals surface area (Å²) in [7, 11) is 0. The molecule has 0 radical (unpaired) electrons. The molecule has 9 fully saturated rings. The minimum atomic E-state index is -2.16. The maximum atomic E-state index is 13.0. The standard InChI is InChI=1S/C56H82O24/c1-12-53(10,67)47-48(66)80-56(79-47)25(5)71-49(39(63)45(56)64)76-40-22(2)20-69-55(46(40)65)23(3)37-35(78-55)19-33-31-14-13-29-17-30(60)18-36(54(29,11)32(31)15-16-52(33,37)9)75-50-42(38(62)34(61)21-68-50)77-51-44(74-28(8)59)43(73-27(7)58)41(24(4)70-51)72-26(6)57/h13,23-25,30-47,49-51,60-65,67H,2,12,14-21H2,1,3-11H3/t23?,24-,25?,30+,31?,32?,33?,34-,35?,36+,37?,38-,39+,40-,41-,42+,43+,44+,45-,46-,47+,49-,50-,51-,52-,53-,54-,55-,56?/m0/s1. The molecule has 24 nitrogen and oxygen atoms in total. The fraction of sp³-hybridized carbons (Fsp3) is 0.857. The zero-order valence-electron chi connectivity index (χ0n) is 47.1. The average molecular weight is 1140 g/mol. The molecule has 0 aromatic rings. The van der Waals surface area contributed by atoms with E-state index >= 15 is 0 Å². The summed E-state index contributed by atoms with van der Waals surface area (Å²) in [6, 6.07) is 0. The van der Waals surface area contributed by atoms with Gasteiger partial charge in [0.15, 0.2) is 49.4 Å². The highest BCUT2D eigenvalue weighted by molar-refractivity contribution is 5.78. The van der Waals surface area contributed by atoms with Crippen LogP contribution in [0.1, 0.15) is 114 Å². The number of aliphatic hydroxyl groups excluding tert-OH is 6. The van der Waals surface area contributed by atoms with Crippen LogP contribution in [0.4, 0.5) is 0 Å². The van der Waals surface area contributed by atoms with Crippen molar-refractivity contribution in [2.24, 2.45) is 40.4 Å². The molecule has 0 aromatic carbocycles. The van der Waals surface area contributed by atoms with Crippen LogP contribution in [-0.2, 0) is 80.8 Å². The molecule has 8 unspecified atom stereocenters. The molecule has 4 aliphatic carbocycles. The maximum Gasteiger partial charge on any atom is 0.341 e. The molecule has 0 aromatic heterocycles. The molecule has 7 N–H and O–H groups in total. The third-order valence-electron chi connectivity index (χ3n) is 20.2. The van der Waals surface area contributed by atoms with Gasteiger partial charge in [0.25, 0.3) is 5.79 Å². The van der Waals surface area contributed by atoms with E-state index in [0.29, 0.717) is 18.4 Å². The van der Waals surface area contributed by atoms with Crippen molar-refractivity contribution in [3.05, 3.63) is 23.8 Å². The molecule has 6 saturated heterocycles. The van der Waals surface area contributed by atoms with Crippen molar-refractivity contribution in [2.75, 3.05) is 13.2 Å². The minimum absolute atomic E-state index is 0.0264. The van der Waals surface area contributed by atoms with E-state index in [9.17, 15) is 54.9 Å². The van der Waals surface area contributed by atoms with Gasteiger partial charge in [0.05, 0.1) is 43.2 Å². The smallest absolute Gasteiger partial charge is 0.341 e. The summed E-state index contributed by atoms with van der Waals surface area (Å²) in [4.78, 5) is 50.1. The lowest BCUT2D eigenvalue weighted by Gasteiger charge is -2.60. The van der Waals surface area contributed by atoms with Crippen LogP contribution in [0, 0.1) is 40.4 Å². The summed E-state index contributed by atoms with van der Waals surface area (Å²) in [5.41, 5.74) is -1.27. The van der Waals surface area contributed by atoms with Crippen LogP contribution in [0.25, 0.3) is 0 Å². The number of allylic oxidation sites excluding steroid dienone is 1. The fourth-order valence-electron chi connectivity index (χ4n) is 16.0. The topological polar surface area (TPSA) is 330 Å². The van der Waals surface area contributed by atoms with Crippen molar-refractivity contribution in [1.82, 2.24) is 0 Å². The van der Waals surface area contributed by atoms with Crippen LogP contribution in [0.2, 0.25) is 0 Å². The quantitative estimate of drug-likeness (QED) is 0.0857. The lowest BCUT2D eigenvalue weighted by Crippen LogP contribution is -2.68. The number of rotatable bonds is 11. The van der Waals surface area contributed by atoms with Gasteiger partial charge < -0.3 is 97.3 Å². The third-order valence-corrected chi connectivity index (χ3v) is 20.2. The van der Waals surface area contributed by atoms with Crippen molar-refractivity contribution in [3.63, 3.8) is 0 Å². The average Bonchev–Trinajstić information content (AvgIpc) is 4.20. The Kier molecular flexibility index (Phi) is 16.2. The molecule has 80 heavy (non-hydrogen) atoms. The Morgan fingerprint density at radius 2 is 1.48 bits per heavy atom. The highest BCUT2D eigenvalue weighted by Crippen LogP contribution is 2.71. The first-order valence-electron chi connectivity index (χ1n) is 28.3. The molecule has 10 aliphatic rings. The first-order valence-corrected chi connectivity index (χ1v) is 28.3. The van der Waals surface area contributed by atoms with Gasteiger partial charge in [-0.1, -0.05) is 45.9 Å². The van der Waals surface area contributed by atoms with Gasteiger partial charge in [-0.05, 0) is 94.0 Å². The number of ether oxygens (including phenoxy) is 13. The number of hydrogen-bond donors (Lipinski definition) is 7. The summed E-state index contributed by atoms with van der Waals surface area (Å²) >= 11 is 0. The summed E-state index contributed by atoms with van der Waals surface area (Å²) in [5, 5.41) is 80.5. The van der Waals surface area contributed by atoms with E-state index in [1.165, 1.54) is 13.8 Å². The van der Waals surface area contributed by atoms with Gasteiger partial charge in [0, 0.05) is 38.5 Å². The molecule has 6 heterocycles. The highest BCUT2D eigenvalue weighted by Gasteiger charge is 2.73. The molecule has 24 heteroatoms. The normalized spacial score (nSPS) is 51.5. The Bertz CT molecular complexity index is 2420. The number of carbonyl (C=O) groups is 4. The molecular formula is C56H82O24. The van der Waals surface area contributed by atoms with Crippen LogP contribution in [-0.4, -0.2) is 207 Å². The van der Waals surface area contributed by atoms with Crippen molar-refractivity contribution in [1.29, 1.82) is 0 Å². The predicted molar refractivity (Wildman–Crippen MR) is 268 cm³/mol. The predicted octanol–water partition coefficient (Wildman–Crippen LogP) is 0.864. The molecule has 0 bridgehead atoms. The molecule has 450 valence electrons. The largest absolute Gasteiger partial charge is 0.456 e. The molecule has 0 amide bonds. The second-order valence-electron chi connectivity index (χ2n) is 25.0. The van der Waals surface area contributed by atoms with Gasteiger partial charge in [0.2, 0.25) is 5.79 Å². The minimum Gasteiger partial charge on any atom is -0.456 e. The Labute approximate surface area is 464 Å². The monoisotopic (exact) mass is 1140 g/mol. The van der Waals surface area contributed by atoms with Gasteiger partial charge in [-0.2, -0.15) is 0 Å². The number of esters is 4. The van der Waals surface area contributed by atoms with Crippen LogP contribution in [0.15, 0.2) is 23.8 Å². The van der Waals surface area contributed by atoms with Crippen molar-refractivity contribution in [3.8, 4) is 0 Å². The molecule has 6 aliphatic heterocycles. The lowest BCUT2D eigenvalue weighted by atomic mass is 9.46. The van der Waals surface area contributed by atoms with Crippen LogP contribution < -0.4 is 0 Å². The second kappa shape index (κ2) is 21.7. The molecule has 2 spiro atoms. The van der Waals surface area contributed by atoms with Crippen LogP contribution in [0.5, 0.6) is 0 Å². The van der Waals surface area contributed by atoms with E-state index in [-0.39, 0.29) is 61.2 Å². The van der Waals surface area contributed by atoms with Crippen molar-refractivity contribution >= 4 is 23.9 Å². The van der Waals surface area contributed by atoms with Gasteiger partial charge in [-0.15, -0.1) is 0 Å². The summed E-state index contributed by atoms with van der Waals surface area (Å²) in [6.45, 7) is 19.7. The number of fused-ring (bicyclic) bond motifs is 7. The Morgan fingerprint density at radius 3 is 2.15 bits per heavy atom. The van der Waals surface area contributed by atoms with E-state index in [4.69, 9.17) is 61.6 Å². The maximum absolute atomic E-state index is 13.0. The summed E-state index contributed by atoms with van der Waals surface area (Å²) in [5.74, 6) is -7.17. The molecule has 3 saturated carbocycles. The van der Waals surface area contributed by atoms with Gasteiger partial charge >= 0.3 is 23.9 Å². The van der Waals surface area contributed by atoms with E-state index in [1.54, 1.807) is 13.8 Å². The van der Waals surface area contributed by atoms with Crippen LogP contribution in [0.3, 0.4) is 0 Å². The zero-order valence-corrected chi connectivity index (χ0v) is 47.1. The SMILES string of the molecule is C=C1CO[C@@]2(OC3CC4C5CC=C6C[C@@H](O)C[C@@H](O[C@@H]7OC[C@H](O)[C@H](O)[C@H]7O[C@@H]7O[C@@H](C)[C@H](OC(C)=O)[C@@H](OC(C)=O)[C@H]7OC(C)=O)[C@]6(C)C5CC[C@]4(C)C3C2C)[C@@H](O)[C@H]1O[C@@H]1OC(C)C2(OC(=O)[C@H]([C@@](C)(O)CC)O2)[C@@H](O)[C@H]1O. The summed E-state index contributed by atoms with van der Waals surface area (Å²) in [6.07, 6.45) is -19.3. The first-order chi connectivity index (χ1) is 37.5. The highest BCUT2D eigenvalue weighted by atomic mass is 16.8. The lowest BCUT2D eigenvalue weighted by molar-refractivity contribution is -0.393. The second-order valence-corrected chi connectivity index (χ2v) is 25.0. The number of carbonyl (C=O) groups excluding carboxylic acids is 4. The fourth-order valence-corrected chi connectivity index (χ4v) is 16.0. The van der Waals surface area contributed by atoms with E-state index in [1.807, 2.05) is 6.92 Å². The third kappa shape index (κ3) is 9.69. The van der Waals surface area contributed by atoms with Gasteiger partial charge in [-0.25, -0.2) is 4.79 Å². The van der Waals surface area contributed by atoms with Gasteiger partial charge in [0.1, 0.15) is 42.7 Å². The first kappa shape index (κ1) is 59.9. The van der Waals surface area contributed by atoms with Crippen molar-refractivity contribution < 1.29 is 117 Å². The number of aliphatic hydroxyl groups is 7. The van der Waals surface area contributed by atoms with E-state index in [2.05, 4.69) is 26.5 Å². The Morgan fingerprint density at radius 1 is 0.800 bits per heavy atom. The number of hydrogen-bond acceptors (Lipinski definition) is 24. The zero-order chi connectivity index (χ0) is 58.1. The van der Waals surface area contributed by atoms with E-state index in [0.717, 1.165) is 45.6 Å². The Hall–Kier alpha value is -3.28. The van der Waals surface area contributed by atoms with E-state index < -0.39 is 163 Å². The Balaban J connectivity index is 0.856.